The first-order valence-electron chi connectivity index (χ1n) is 5.76. The van der Waals surface area contributed by atoms with Crippen LogP contribution in [-0.2, 0) is 4.79 Å². The first-order chi connectivity index (χ1) is 9.08. The molecule has 0 aliphatic carbocycles. The Bertz CT molecular complexity index is 597. The average molecular weight is 279 g/mol. The van der Waals surface area contributed by atoms with Crippen LogP contribution in [-0.4, -0.2) is 21.9 Å². The van der Waals surface area contributed by atoms with Gasteiger partial charge in [0.05, 0.1) is 5.75 Å². The van der Waals surface area contributed by atoms with Gasteiger partial charge in [-0.2, -0.15) is 5.10 Å². The third-order valence-corrected chi connectivity index (χ3v) is 3.75. The summed E-state index contributed by atoms with van der Waals surface area (Å²) in [5, 5.41) is 9.48. The Morgan fingerprint density at radius 2 is 2.16 bits per heavy atom. The van der Waals surface area contributed by atoms with E-state index in [9.17, 15) is 9.18 Å². The summed E-state index contributed by atoms with van der Waals surface area (Å²) in [6.07, 6.45) is 0. The van der Waals surface area contributed by atoms with E-state index in [2.05, 4.69) is 15.5 Å². The summed E-state index contributed by atoms with van der Waals surface area (Å²) < 4.78 is 13.4. The maximum absolute atomic E-state index is 13.4. The van der Waals surface area contributed by atoms with Gasteiger partial charge in [0, 0.05) is 16.2 Å². The molecule has 0 radical (unpaired) electrons. The zero-order valence-electron chi connectivity index (χ0n) is 10.7. The number of thioether (sulfide) groups is 1. The Morgan fingerprint density at radius 1 is 1.42 bits per heavy atom. The van der Waals surface area contributed by atoms with Gasteiger partial charge in [0.1, 0.15) is 5.82 Å². The van der Waals surface area contributed by atoms with Crippen LogP contribution < -0.4 is 5.32 Å². The van der Waals surface area contributed by atoms with Crippen molar-refractivity contribution in [2.24, 2.45) is 0 Å². The van der Waals surface area contributed by atoms with Crippen molar-refractivity contribution in [3.63, 3.8) is 0 Å². The fourth-order valence-electron chi connectivity index (χ4n) is 1.48. The number of halogens is 1. The lowest BCUT2D eigenvalue weighted by atomic mass is 10.3. The minimum Gasteiger partial charge on any atom is -0.308 e. The van der Waals surface area contributed by atoms with Gasteiger partial charge in [-0.05, 0) is 26.0 Å². The van der Waals surface area contributed by atoms with Crippen molar-refractivity contribution < 1.29 is 9.18 Å². The van der Waals surface area contributed by atoms with E-state index in [1.165, 1.54) is 6.07 Å². The summed E-state index contributed by atoms with van der Waals surface area (Å²) in [5.41, 5.74) is 1.82. The predicted molar refractivity (Wildman–Crippen MR) is 73.8 cm³/mol. The van der Waals surface area contributed by atoms with Crippen LogP contribution in [0.3, 0.4) is 0 Å². The maximum atomic E-state index is 13.4. The first kappa shape index (κ1) is 13.6. The molecule has 0 aliphatic rings. The highest BCUT2D eigenvalue weighted by molar-refractivity contribution is 8.00. The lowest BCUT2D eigenvalue weighted by Gasteiger charge is -2.04. The normalized spacial score (nSPS) is 10.5. The number of aromatic amines is 1. The van der Waals surface area contributed by atoms with Crippen molar-refractivity contribution in [3.8, 4) is 0 Å². The molecule has 0 unspecified atom stereocenters. The molecule has 2 rings (SSSR count). The zero-order chi connectivity index (χ0) is 13.8. The quantitative estimate of drug-likeness (QED) is 0.846. The minimum absolute atomic E-state index is 0.145. The van der Waals surface area contributed by atoms with Crippen molar-refractivity contribution in [1.29, 1.82) is 0 Å². The molecule has 0 saturated carbocycles. The summed E-state index contributed by atoms with van der Waals surface area (Å²) in [7, 11) is 0. The first-order valence-corrected chi connectivity index (χ1v) is 6.75. The van der Waals surface area contributed by atoms with Crippen molar-refractivity contribution >= 4 is 23.5 Å². The third-order valence-electron chi connectivity index (χ3n) is 2.71. The summed E-state index contributed by atoms with van der Waals surface area (Å²) in [5.74, 6) is 0.151. The molecule has 100 valence electrons. The van der Waals surface area contributed by atoms with E-state index in [0.29, 0.717) is 10.7 Å². The largest absolute Gasteiger partial charge is 0.308 e. The van der Waals surface area contributed by atoms with E-state index < -0.39 is 0 Å². The van der Waals surface area contributed by atoms with Gasteiger partial charge >= 0.3 is 0 Å². The van der Waals surface area contributed by atoms with Crippen LogP contribution in [0.15, 0.2) is 29.2 Å². The van der Waals surface area contributed by atoms with E-state index in [1.54, 1.807) is 18.2 Å². The van der Waals surface area contributed by atoms with Crippen molar-refractivity contribution in [3.05, 3.63) is 41.3 Å². The fraction of sp³-hybridized carbons (Fsp3) is 0.231. The van der Waals surface area contributed by atoms with Gasteiger partial charge in [-0.15, -0.1) is 11.8 Å². The Morgan fingerprint density at radius 3 is 2.79 bits per heavy atom. The number of carbonyl (C=O) groups excluding carboxylic acids is 1. The highest BCUT2D eigenvalue weighted by atomic mass is 32.2. The molecule has 1 amide bonds. The van der Waals surface area contributed by atoms with Crippen LogP contribution in [0.1, 0.15) is 11.3 Å². The summed E-state index contributed by atoms with van der Waals surface area (Å²) in [6.45, 7) is 3.75. The molecule has 0 saturated heterocycles. The molecule has 0 spiro atoms. The number of H-pyrrole nitrogens is 1. The molecule has 0 fully saturated rings. The summed E-state index contributed by atoms with van der Waals surface area (Å²) in [4.78, 5) is 12.2. The molecule has 19 heavy (non-hydrogen) atoms. The number of benzene rings is 1. The number of nitrogens with one attached hydrogen (secondary N) is 2. The Hall–Kier alpha value is -1.82. The van der Waals surface area contributed by atoms with Crippen LogP contribution in [0.2, 0.25) is 0 Å². The molecule has 0 bridgehead atoms. The van der Waals surface area contributed by atoms with Gasteiger partial charge in [0.25, 0.3) is 0 Å². The fourth-order valence-corrected chi connectivity index (χ4v) is 2.22. The van der Waals surface area contributed by atoms with Crippen molar-refractivity contribution in [2.45, 2.75) is 18.7 Å². The van der Waals surface area contributed by atoms with Gasteiger partial charge in [0.2, 0.25) is 5.91 Å². The van der Waals surface area contributed by atoms with Crippen molar-refractivity contribution in [1.82, 2.24) is 10.2 Å². The second kappa shape index (κ2) is 5.88. The van der Waals surface area contributed by atoms with Gasteiger partial charge in [-0.3, -0.25) is 9.89 Å². The van der Waals surface area contributed by atoms with Gasteiger partial charge in [-0.25, -0.2) is 4.39 Å². The minimum atomic E-state index is -0.313. The molecule has 1 aromatic heterocycles. The summed E-state index contributed by atoms with van der Waals surface area (Å²) in [6, 6.07) is 6.39. The molecule has 0 atom stereocenters. The van der Waals surface area contributed by atoms with Crippen LogP contribution >= 0.6 is 11.8 Å². The van der Waals surface area contributed by atoms with Gasteiger partial charge in [0.15, 0.2) is 5.82 Å². The molecule has 1 aromatic carbocycles. The van der Waals surface area contributed by atoms with Crippen LogP contribution in [0.4, 0.5) is 10.2 Å². The van der Waals surface area contributed by atoms with E-state index in [-0.39, 0.29) is 17.5 Å². The Labute approximate surface area is 114 Å². The van der Waals surface area contributed by atoms with Crippen LogP contribution in [0.25, 0.3) is 0 Å². The maximum Gasteiger partial charge on any atom is 0.235 e. The topological polar surface area (TPSA) is 57.8 Å². The number of hydrogen-bond acceptors (Lipinski definition) is 3. The number of aromatic nitrogens is 2. The lowest BCUT2D eigenvalue weighted by Crippen LogP contribution is -2.15. The highest BCUT2D eigenvalue weighted by Crippen LogP contribution is 2.21. The number of hydrogen-bond donors (Lipinski definition) is 2. The Balaban J connectivity index is 1.92. The standard InChI is InChI=1S/C13H14FN3OS/c1-8-9(2)16-17-13(8)15-12(18)7-19-11-6-4-3-5-10(11)14/h3-6H,7H2,1-2H3,(H2,15,16,17,18). The van der Waals surface area contributed by atoms with Gasteiger partial charge < -0.3 is 5.32 Å². The number of carbonyl (C=O) groups is 1. The number of anilines is 1. The van der Waals surface area contributed by atoms with Crippen LogP contribution in [0.5, 0.6) is 0 Å². The molecule has 6 heteroatoms. The molecule has 2 N–H and O–H groups in total. The Kier molecular flexibility index (Phi) is 4.21. The lowest BCUT2D eigenvalue weighted by molar-refractivity contribution is -0.113. The summed E-state index contributed by atoms with van der Waals surface area (Å²) >= 11 is 1.16. The second-order valence-electron chi connectivity index (χ2n) is 4.09. The van der Waals surface area contributed by atoms with E-state index >= 15 is 0 Å². The van der Waals surface area contributed by atoms with Crippen LogP contribution in [0, 0.1) is 19.7 Å². The molecular weight excluding hydrogens is 265 g/mol. The number of aryl methyl sites for hydroxylation is 1. The predicted octanol–water partition coefficient (Wildman–Crippen LogP) is 2.90. The zero-order valence-corrected chi connectivity index (χ0v) is 11.5. The molecule has 0 aliphatic heterocycles. The average Bonchev–Trinajstić information content (AvgIpc) is 2.70. The SMILES string of the molecule is Cc1[nH]nc(NC(=O)CSc2ccccc2F)c1C. The third kappa shape index (κ3) is 3.35. The van der Waals surface area contributed by atoms with Crippen molar-refractivity contribution in [2.75, 3.05) is 11.1 Å². The number of amides is 1. The van der Waals surface area contributed by atoms with E-state index in [1.807, 2.05) is 13.8 Å². The molecular formula is C13H14FN3OS. The monoisotopic (exact) mass is 279 g/mol. The number of nitrogens with zero attached hydrogens (tertiary/aromatic N) is 1. The smallest absolute Gasteiger partial charge is 0.235 e. The molecule has 4 nitrogen and oxygen atoms in total. The highest BCUT2D eigenvalue weighted by Gasteiger charge is 2.10. The van der Waals surface area contributed by atoms with Gasteiger partial charge in [-0.1, -0.05) is 12.1 Å². The molecule has 1 heterocycles. The van der Waals surface area contributed by atoms with E-state index in [0.717, 1.165) is 23.0 Å². The second-order valence-corrected chi connectivity index (χ2v) is 5.11. The van der Waals surface area contributed by atoms with E-state index in [4.69, 9.17) is 0 Å². The molecule has 2 aromatic rings. The number of rotatable bonds is 4.